The fourth-order valence-electron chi connectivity index (χ4n) is 4.37. The zero-order valence-electron chi connectivity index (χ0n) is 18.6. The summed E-state index contributed by atoms with van der Waals surface area (Å²) in [4.78, 5) is 15.1. The molecular formula is C26H25FN4O2. The van der Waals surface area contributed by atoms with Crippen LogP contribution in [0.2, 0.25) is 0 Å². The van der Waals surface area contributed by atoms with Crippen LogP contribution >= 0.6 is 0 Å². The van der Waals surface area contributed by atoms with Crippen molar-refractivity contribution in [3.63, 3.8) is 0 Å². The molecule has 7 heteroatoms. The van der Waals surface area contributed by atoms with E-state index in [1.165, 1.54) is 12.1 Å². The first-order chi connectivity index (χ1) is 15.8. The number of anilines is 1. The van der Waals surface area contributed by atoms with E-state index < -0.39 is 11.4 Å². The molecule has 5 rings (SSSR count). The van der Waals surface area contributed by atoms with Crippen molar-refractivity contribution in [3.05, 3.63) is 108 Å². The second-order valence-electron chi connectivity index (χ2n) is 8.63. The second-order valence-corrected chi connectivity index (χ2v) is 8.63. The lowest BCUT2D eigenvalue weighted by Crippen LogP contribution is -2.68. The van der Waals surface area contributed by atoms with Crippen LogP contribution in [0.5, 0.6) is 0 Å². The van der Waals surface area contributed by atoms with Gasteiger partial charge in [-0.3, -0.25) is 4.79 Å². The van der Waals surface area contributed by atoms with Gasteiger partial charge >= 0.3 is 0 Å². The van der Waals surface area contributed by atoms with Gasteiger partial charge in [0.25, 0.3) is 5.91 Å². The molecule has 3 aliphatic heterocycles. The minimum Gasteiger partial charge on any atom is -0.470 e. The van der Waals surface area contributed by atoms with Crippen LogP contribution < -0.4 is 16.0 Å². The third kappa shape index (κ3) is 3.36. The molecule has 2 aromatic rings. The maximum atomic E-state index is 13.2. The monoisotopic (exact) mass is 444 g/mol. The number of carbonyl (C=O) groups is 1. The van der Waals surface area contributed by atoms with E-state index in [1.54, 1.807) is 24.6 Å². The number of allylic oxidation sites excluding steroid dienone is 3. The van der Waals surface area contributed by atoms with Crippen LogP contribution in [-0.4, -0.2) is 22.2 Å². The maximum absolute atomic E-state index is 13.2. The number of fused-ring (bicyclic) bond motifs is 1. The molecule has 0 aliphatic carbocycles. The lowest BCUT2D eigenvalue weighted by Gasteiger charge is -2.47. The summed E-state index contributed by atoms with van der Waals surface area (Å²) in [6.45, 7) is 5.96. The fraction of sp³-hybridized carbons (Fsp3) is 0.192. The summed E-state index contributed by atoms with van der Waals surface area (Å²) in [6, 6.07) is 11.6. The van der Waals surface area contributed by atoms with Crippen LogP contribution in [0.4, 0.5) is 10.1 Å². The number of aryl methyl sites for hydroxylation is 1. The molecule has 2 atom stereocenters. The predicted molar refractivity (Wildman–Crippen MR) is 126 cm³/mol. The molecule has 0 radical (unpaired) electrons. The van der Waals surface area contributed by atoms with Crippen molar-refractivity contribution in [1.29, 1.82) is 0 Å². The normalized spacial score (nSPS) is 24.9. The van der Waals surface area contributed by atoms with Gasteiger partial charge in [-0.2, -0.15) is 0 Å². The van der Waals surface area contributed by atoms with Crippen molar-refractivity contribution < 1.29 is 13.9 Å². The van der Waals surface area contributed by atoms with Crippen LogP contribution in [-0.2, 0) is 4.74 Å². The number of nitrogens with one attached hydrogen (secondary N) is 3. The van der Waals surface area contributed by atoms with Gasteiger partial charge in [-0.15, -0.1) is 0 Å². The third-order valence-corrected chi connectivity index (χ3v) is 6.56. The Balaban J connectivity index is 1.43. The molecule has 33 heavy (non-hydrogen) atoms. The minimum absolute atomic E-state index is 0.240. The lowest BCUT2D eigenvalue weighted by atomic mass is 9.93. The number of amides is 1. The van der Waals surface area contributed by atoms with Crippen molar-refractivity contribution >= 4 is 17.2 Å². The molecule has 0 aromatic heterocycles. The van der Waals surface area contributed by atoms with Crippen LogP contribution in [0.15, 0.2) is 85.2 Å². The van der Waals surface area contributed by atoms with Gasteiger partial charge in [0.2, 0.25) is 5.72 Å². The van der Waals surface area contributed by atoms with Crippen molar-refractivity contribution in [1.82, 2.24) is 15.5 Å². The van der Waals surface area contributed by atoms with Crippen LogP contribution in [0.3, 0.4) is 0 Å². The summed E-state index contributed by atoms with van der Waals surface area (Å²) in [5.41, 5.74) is 3.59. The predicted octanol–water partition coefficient (Wildman–Crippen LogP) is 4.57. The molecule has 3 aliphatic rings. The van der Waals surface area contributed by atoms with E-state index in [9.17, 15) is 9.18 Å². The van der Waals surface area contributed by atoms with E-state index in [0.717, 1.165) is 22.4 Å². The standard InChI is InChI=1S/C26H25FN4O2/c1-17-6-7-18(15-22(17)24(32)30-20-10-8-19(27)9-11-20)21-5-4-13-31-23(21)16-29-25(31,2)26(3)28-12-14-33-26/h4-16,28-29H,1-3H3,(H,30,32). The molecule has 3 heterocycles. The number of benzene rings is 2. The zero-order chi connectivity index (χ0) is 23.2. The highest BCUT2D eigenvalue weighted by Gasteiger charge is 2.54. The molecule has 0 saturated heterocycles. The Morgan fingerprint density at radius 1 is 1.12 bits per heavy atom. The average molecular weight is 445 g/mol. The van der Waals surface area contributed by atoms with Gasteiger partial charge in [0, 0.05) is 35.4 Å². The van der Waals surface area contributed by atoms with Crippen molar-refractivity contribution in [3.8, 4) is 0 Å². The van der Waals surface area contributed by atoms with Gasteiger partial charge in [-0.1, -0.05) is 18.2 Å². The number of rotatable bonds is 4. The Morgan fingerprint density at radius 2 is 1.91 bits per heavy atom. The second kappa shape index (κ2) is 7.55. The number of hydrogen-bond donors (Lipinski definition) is 3. The van der Waals surface area contributed by atoms with Crippen molar-refractivity contribution in [2.45, 2.75) is 32.2 Å². The first-order valence-corrected chi connectivity index (χ1v) is 10.8. The third-order valence-electron chi connectivity index (χ3n) is 6.56. The number of ether oxygens (including phenoxy) is 1. The summed E-state index contributed by atoms with van der Waals surface area (Å²) in [6.07, 6.45) is 11.5. The average Bonchev–Trinajstić information content (AvgIpc) is 3.41. The van der Waals surface area contributed by atoms with Crippen LogP contribution in [0, 0.1) is 12.7 Å². The molecule has 3 N–H and O–H groups in total. The van der Waals surface area contributed by atoms with E-state index in [-0.39, 0.29) is 11.7 Å². The molecular weight excluding hydrogens is 419 g/mol. The molecule has 1 amide bonds. The molecule has 0 spiro atoms. The van der Waals surface area contributed by atoms with Crippen LogP contribution in [0.1, 0.15) is 35.3 Å². The zero-order valence-corrected chi connectivity index (χ0v) is 18.6. The summed E-state index contributed by atoms with van der Waals surface area (Å²) < 4.78 is 19.1. The van der Waals surface area contributed by atoms with Gasteiger partial charge in [0.1, 0.15) is 12.1 Å². The molecule has 0 saturated carbocycles. The first-order valence-electron chi connectivity index (χ1n) is 10.8. The van der Waals surface area contributed by atoms with Gasteiger partial charge in [-0.05, 0) is 68.3 Å². The van der Waals surface area contributed by atoms with E-state index in [0.29, 0.717) is 11.3 Å². The number of hydrogen-bond acceptors (Lipinski definition) is 5. The Hall–Kier alpha value is -4.00. The molecule has 0 bridgehead atoms. The summed E-state index contributed by atoms with van der Waals surface area (Å²) >= 11 is 0. The molecule has 2 unspecified atom stereocenters. The number of nitrogens with zero attached hydrogens (tertiary/aromatic N) is 1. The highest BCUT2D eigenvalue weighted by atomic mass is 19.1. The highest BCUT2D eigenvalue weighted by molar-refractivity contribution is 6.06. The van der Waals surface area contributed by atoms with Crippen molar-refractivity contribution in [2.75, 3.05) is 5.32 Å². The number of carbonyl (C=O) groups excluding carboxylic acids is 1. The summed E-state index contributed by atoms with van der Waals surface area (Å²) in [5, 5.41) is 9.62. The van der Waals surface area contributed by atoms with Gasteiger partial charge in [0.05, 0.1) is 5.70 Å². The lowest BCUT2D eigenvalue weighted by molar-refractivity contribution is -0.0783. The van der Waals surface area contributed by atoms with E-state index in [4.69, 9.17) is 4.74 Å². The van der Waals surface area contributed by atoms with Crippen molar-refractivity contribution in [2.24, 2.45) is 0 Å². The fourth-order valence-corrected chi connectivity index (χ4v) is 4.37. The van der Waals surface area contributed by atoms with E-state index >= 15 is 0 Å². The van der Waals surface area contributed by atoms with E-state index in [2.05, 4.69) is 27.8 Å². The molecule has 168 valence electrons. The van der Waals surface area contributed by atoms with E-state index in [1.807, 2.05) is 56.6 Å². The van der Waals surface area contributed by atoms with Gasteiger partial charge < -0.3 is 25.6 Å². The smallest absolute Gasteiger partial charge is 0.255 e. The Labute approximate surface area is 192 Å². The number of halogens is 1. The Bertz CT molecular complexity index is 1240. The minimum atomic E-state index is -0.675. The topological polar surface area (TPSA) is 65.6 Å². The summed E-state index contributed by atoms with van der Waals surface area (Å²) in [7, 11) is 0. The van der Waals surface area contributed by atoms with Gasteiger partial charge in [0.15, 0.2) is 5.66 Å². The molecule has 0 fully saturated rings. The Morgan fingerprint density at radius 3 is 2.64 bits per heavy atom. The largest absolute Gasteiger partial charge is 0.470 e. The Kier molecular flexibility index (Phi) is 4.78. The highest BCUT2D eigenvalue weighted by Crippen LogP contribution is 2.42. The first kappa shape index (κ1) is 20.9. The van der Waals surface area contributed by atoms with Gasteiger partial charge in [-0.25, -0.2) is 4.39 Å². The molecule has 2 aromatic carbocycles. The SMILES string of the molecule is Cc1ccc(C2=CC=CN3C2=CNC3(C)C2(C)NC=CO2)cc1C(=O)Nc1ccc(F)cc1. The quantitative estimate of drug-likeness (QED) is 0.645. The molecule has 6 nitrogen and oxygen atoms in total. The summed E-state index contributed by atoms with van der Waals surface area (Å²) in [5.74, 6) is -0.586. The maximum Gasteiger partial charge on any atom is 0.255 e. The van der Waals surface area contributed by atoms with Crippen LogP contribution in [0.25, 0.3) is 5.57 Å².